The van der Waals surface area contributed by atoms with Crippen molar-refractivity contribution in [2.45, 2.75) is 31.5 Å². The molecule has 8 nitrogen and oxygen atoms in total. The van der Waals surface area contributed by atoms with Crippen molar-refractivity contribution in [1.29, 1.82) is 0 Å². The van der Waals surface area contributed by atoms with Gasteiger partial charge in [0.25, 0.3) is 0 Å². The zero-order valence-electron chi connectivity index (χ0n) is 15.8. The maximum atomic E-state index is 14.4. The lowest BCUT2D eigenvalue weighted by Crippen LogP contribution is -2.40. The van der Waals surface area contributed by atoms with Gasteiger partial charge in [0.05, 0.1) is 34.4 Å². The van der Waals surface area contributed by atoms with Crippen molar-refractivity contribution in [1.82, 2.24) is 15.3 Å². The van der Waals surface area contributed by atoms with Gasteiger partial charge < -0.3 is 5.73 Å². The maximum Gasteiger partial charge on any atom is 0.229 e. The van der Waals surface area contributed by atoms with E-state index in [1.165, 1.54) is 12.3 Å². The molecule has 1 saturated carbocycles. The highest BCUT2D eigenvalue weighted by Crippen LogP contribution is 2.46. The molecule has 1 fully saturated rings. The predicted molar refractivity (Wildman–Crippen MR) is 110 cm³/mol. The van der Waals surface area contributed by atoms with E-state index in [1.54, 1.807) is 6.07 Å². The number of hydrogen-bond donors (Lipinski definition) is 3. The van der Waals surface area contributed by atoms with E-state index in [9.17, 15) is 12.8 Å². The third-order valence-electron chi connectivity index (χ3n) is 5.04. The van der Waals surface area contributed by atoms with E-state index in [0.717, 1.165) is 25.2 Å². The number of sulfonamides is 1. The number of halogens is 2. The highest BCUT2D eigenvalue weighted by atomic mass is 35.5. The Balaban J connectivity index is 1.85. The summed E-state index contributed by atoms with van der Waals surface area (Å²) >= 11 is 6.48. The first-order chi connectivity index (χ1) is 13.6. The Kier molecular flexibility index (Phi) is 4.75. The molecule has 2 aromatic rings. The number of nitrogens with one attached hydrogen (secondary N) is 2. The largest absolute Gasteiger partial charge is 0.368 e. The number of rotatable bonds is 5. The van der Waals surface area contributed by atoms with Crippen LogP contribution in [0.15, 0.2) is 29.4 Å². The molecule has 2 heterocycles. The van der Waals surface area contributed by atoms with Gasteiger partial charge in [0, 0.05) is 11.8 Å². The molecule has 0 amide bonds. The Labute approximate surface area is 172 Å². The summed E-state index contributed by atoms with van der Waals surface area (Å²) in [6.45, 7) is 1.97. The summed E-state index contributed by atoms with van der Waals surface area (Å²) in [6, 6.07) is 3.47. The number of anilines is 2. The second-order valence-corrected chi connectivity index (χ2v) is 9.65. The second-order valence-electron chi connectivity index (χ2n) is 7.53. The fourth-order valence-corrected chi connectivity index (χ4v) is 4.46. The van der Waals surface area contributed by atoms with Crippen LogP contribution in [0, 0.1) is 11.7 Å². The highest BCUT2D eigenvalue weighted by molar-refractivity contribution is 7.92. The molecular formula is C18H20ClFN6O2S. The average molecular weight is 439 g/mol. The normalized spacial score (nSPS) is 24.4. The van der Waals surface area contributed by atoms with Gasteiger partial charge >= 0.3 is 0 Å². The van der Waals surface area contributed by atoms with Gasteiger partial charge in [-0.05, 0) is 43.9 Å². The third kappa shape index (κ3) is 4.05. The quantitative estimate of drug-likeness (QED) is 0.659. The van der Waals surface area contributed by atoms with Crippen molar-refractivity contribution >= 4 is 39.0 Å². The molecule has 2 unspecified atom stereocenters. The van der Waals surface area contributed by atoms with Crippen LogP contribution in [-0.4, -0.2) is 36.0 Å². The molecule has 1 aromatic heterocycles. The maximum absolute atomic E-state index is 14.4. The summed E-state index contributed by atoms with van der Waals surface area (Å²) in [6.07, 6.45) is 4.56. The summed E-state index contributed by atoms with van der Waals surface area (Å²) in [5.41, 5.74) is 6.45. The Morgan fingerprint density at radius 3 is 2.72 bits per heavy atom. The molecule has 0 spiro atoms. The molecule has 1 aliphatic carbocycles. The predicted octanol–water partition coefficient (Wildman–Crippen LogP) is 2.48. The monoisotopic (exact) mass is 438 g/mol. The van der Waals surface area contributed by atoms with Crippen molar-refractivity contribution in [3.63, 3.8) is 0 Å². The van der Waals surface area contributed by atoms with Gasteiger partial charge in [-0.3, -0.25) is 15.0 Å². The van der Waals surface area contributed by atoms with Gasteiger partial charge in [-0.1, -0.05) is 11.6 Å². The topological polar surface area (TPSA) is 122 Å². The van der Waals surface area contributed by atoms with Crippen molar-refractivity contribution in [2.24, 2.45) is 10.9 Å². The number of aliphatic imine (C=N–C) groups is 1. The Morgan fingerprint density at radius 1 is 1.38 bits per heavy atom. The van der Waals surface area contributed by atoms with Gasteiger partial charge in [0.1, 0.15) is 11.5 Å². The highest BCUT2D eigenvalue weighted by Gasteiger charge is 2.48. The molecule has 0 bridgehead atoms. The minimum atomic E-state index is -3.65. The summed E-state index contributed by atoms with van der Waals surface area (Å²) in [7, 11) is -3.65. The zero-order valence-corrected chi connectivity index (χ0v) is 17.4. The van der Waals surface area contributed by atoms with Crippen LogP contribution in [0.5, 0.6) is 0 Å². The molecule has 0 radical (unpaired) electrons. The molecule has 4 N–H and O–H groups in total. The fourth-order valence-electron chi connectivity index (χ4n) is 3.59. The van der Waals surface area contributed by atoms with Crippen LogP contribution < -0.4 is 15.8 Å². The van der Waals surface area contributed by atoms with Crippen molar-refractivity contribution in [3.8, 4) is 0 Å². The first-order valence-electron chi connectivity index (χ1n) is 8.99. The van der Waals surface area contributed by atoms with Crippen LogP contribution in [0.25, 0.3) is 0 Å². The minimum absolute atomic E-state index is 0.0483. The Bertz CT molecular complexity index is 1120. The van der Waals surface area contributed by atoms with Gasteiger partial charge in [0.2, 0.25) is 16.0 Å². The van der Waals surface area contributed by atoms with Crippen LogP contribution in [-0.2, 0) is 10.0 Å². The number of benzene rings is 1. The lowest BCUT2D eigenvalue weighted by molar-refractivity contribution is 0.337. The molecule has 4 rings (SSSR count). The first kappa shape index (κ1) is 20.0. The standard InChI is InChI=1S/C18H20ClFN6O2S/c1-18(9-3-4-9)24-15(16(25-18)12-5-6-22-17(21)23-12)11-7-10(20)8-13(14(11)19)26-29(2,27)28/h5-9,16,25-26H,3-4H2,1-2H3,(H2,21,22,23). The summed E-state index contributed by atoms with van der Waals surface area (Å²) < 4.78 is 39.9. The third-order valence-corrected chi connectivity index (χ3v) is 6.03. The fraction of sp³-hybridized carbons (Fsp3) is 0.389. The SMILES string of the molecule is CC1(C2CC2)N=C(c2cc(F)cc(NS(C)(=O)=O)c2Cl)C(c2ccnc(N)n2)N1. The van der Waals surface area contributed by atoms with E-state index in [-0.39, 0.29) is 22.2 Å². The van der Waals surface area contributed by atoms with Gasteiger partial charge in [0.15, 0.2) is 0 Å². The Hall–Kier alpha value is -2.30. The lowest BCUT2D eigenvalue weighted by atomic mass is 10.00. The van der Waals surface area contributed by atoms with Gasteiger partial charge in [-0.2, -0.15) is 0 Å². The summed E-state index contributed by atoms with van der Waals surface area (Å²) in [5, 5.41) is 3.53. The molecule has 0 saturated heterocycles. The van der Waals surface area contributed by atoms with Crippen molar-refractivity contribution < 1.29 is 12.8 Å². The number of nitrogen functional groups attached to an aromatic ring is 1. The van der Waals surface area contributed by atoms with E-state index in [0.29, 0.717) is 17.3 Å². The van der Waals surface area contributed by atoms with E-state index >= 15 is 0 Å². The number of nitrogens with zero attached hydrogens (tertiary/aromatic N) is 3. The van der Waals surface area contributed by atoms with E-state index < -0.39 is 27.5 Å². The molecule has 29 heavy (non-hydrogen) atoms. The second kappa shape index (κ2) is 6.89. The van der Waals surface area contributed by atoms with E-state index in [2.05, 4.69) is 20.0 Å². The van der Waals surface area contributed by atoms with Crippen LogP contribution >= 0.6 is 11.6 Å². The number of hydrogen-bond acceptors (Lipinski definition) is 7. The first-order valence-corrected chi connectivity index (χ1v) is 11.3. The molecule has 2 aliphatic rings. The van der Waals surface area contributed by atoms with Crippen LogP contribution in [0.2, 0.25) is 5.02 Å². The molecule has 2 atom stereocenters. The number of nitrogens with two attached hydrogens (primary N) is 1. The lowest BCUT2D eigenvalue weighted by Gasteiger charge is -2.23. The average Bonchev–Trinajstić information content (AvgIpc) is 3.41. The van der Waals surface area contributed by atoms with Crippen LogP contribution in [0.1, 0.15) is 37.1 Å². The van der Waals surface area contributed by atoms with Gasteiger partial charge in [-0.15, -0.1) is 0 Å². The van der Waals surface area contributed by atoms with Crippen molar-refractivity contribution in [2.75, 3.05) is 16.7 Å². The van der Waals surface area contributed by atoms with Crippen molar-refractivity contribution in [3.05, 3.63) is 46.5 Å². The minimum Gasteiger partial charge on any atom is -0.368 e. The van der Waals surface area contributed by atoms with E-state index in [1.807, 2.05) is 6.92 Å². The van der Waals surface area contributed by atoms with E-state index in [4.69, 9.17) is 22.3 Å². The summed E-state index contributed by atoms with van der Waals surface area (Å²) in [5.74, 6) is -0.199. The molecular weight excluding hydrogens is 419 g/mol. The van der Waals surface area contributed by atoms with Gasteiger partial charge in [-0.25, -0.2) is 22.8 Å². The molecule has 154 valence electrons. The number of aromatic nitrogens is 2. The van der Waals surface area contributed by atoms with Crippen LogP contribution in [0.3, 0.4) is 0 Å². The summed E-state index contributed by atoms with van der Waals surface area (Å²) in [4.78, 5) is 13.1. The van der Waals surface area contributed by atoms with Crippen LogP contribution in [0.4, 0.5) is 16.0 Å². The Morgan fingerprint density at radius 2 is 2.10 bits per heavy atom. The molecule has 1 aromatic carbocycles. The smallest absolute Gasteiger partial charge is 0.229 e. The zero-order chi connectivity index (χ0) is 21.0. The molecule has 1 aliphatic heterocycles. The molecule has 11 heteroatoms.